The number of nitrogens with zero attached hydrogens (tertiary/aromatic N) is 4. The second kappa shape index (κ2) is 11.6. The van der Waals surface area contributed by atoms with Crippen LogP contribution in [0.5, 0.6) is 0 Å². The lowest BCUT2D eigenvalue weighted by Crippen LogP contribution is -2.25. The number of carbonyl (C=O) groups is 2. The van der Waals surface area contributed by atoms with Gasteiger partial charge in [0.1, 0.15) is 0 Å². The predicted octanol–water partition coefficient (Wildman–Crippen LogP) is 5.15. The minimum absolute atomic E-state index is 0.168. The highest BCUT2D eigenvalue weighted by molar-refractivity contribution is 9.10. The predicted molar refractivity (Wildman–Crippen MR) is 143 cm³/mol. The zero-order valence-corrected chi connectivity index (χ0v) is 22.3. The van der Waals surface area contributed by atoms with Crippen molar-refractivity contribution in [3.05, 3.63) is 75.3 Å². The molecule has 0 radical (unpaired) electrons. The molecular weight excluding hydrogens is 548 g/mol. The van der Waals surface area contributed by atoms with Crippen molar-refractivity contribution in [2.24, 2.45) is 0 Å². The average molecular weight is 572 g/mol. The van der Waals surface area contributed by atoms with Gasteiger partial charge in [-0.15, -0.1) is 21.5 Å². The zero-order chi connectivity index (χ0) is 24.8. The Labute approximate surface area is 219 Å². The summed E-state index contributed by atoms with van der Waals surface area (Å²) >= 11 is 6.10. The van der Waals surface area contributed by atoms with Crippen LogP contribution >= 0.6 is 39.0 Å². The van der Waals surface area contributed by atoms with Crippen molar-refractivity contribution in [1.29, 1.82) is 0 Å². The number of nitrogens with one attached hydrogen (secondary N) is 2. The molecule has 180 valence electrons. The van der Waals surface area contributed by atoms with E-state index < -0.39 is 0 Å². The standard InChI is InChI=1S/C24H23BrN6O2S2/c1-3-31-20(12-26-22(33)17-6-4-5-15(2)11-17)29-30-24(31)35-14-21(32)28-23-27-19(13-34-23)16-7-9-18(25)10-8-16/h4-11,13H,3,12,14H2,1-2H3,(H,26,33)(H,27,28,32). The Morgan fingerprint density at radius 2 is 1.94 bits per heavy atom. The third-order valence-corrected chi connectivity index (χ3v) is 7.27. The fourth-order valence-corrected chi connectivity index (χ4v) is 5.11. The van der Waals surface area contributed by atoms with Gasteiger partial charge in [0.25, 0.3) is 5.91 Å². The van der Waals surface area contributed by atoms with Crippen molar-refractivity contribution in [3.8, 4) is 11.3 Å². The third-order valence-electron chi connectivity index (χ3n) is 5.02. The molecule has 2 N–H and O–H groups in total. The van der Waals surface area contributed by atoms with Crippen molar-refractivity contribution >= 4 is 56.0 Å². The Morgan fingerprint density at radius 1 is 1.14 bits per heavy atom. The second-order valence-electron chi connectivity index (χ2n) is 7.58. The van der Waals surface area contributed by atoms with E-state index in [1.165, 1.54) is 23.1 Å². The molecule has 0 aliphatic carbocycles. The molecule has 0 atom stereocenters. The molecule has 2 aromatic heterocycles. The van der Waals surface area contributed by atoms with Gasteiger partial charge in [0.05, 0.1) is 18.0 Å². The van der Waals surface area contributed by atoms with E-state index in [4.69, 9.17) is 0 Å². The molecule has 0 bridgehead atoms. The summed E-state index contributed by atoms with van der Waals surface area (Å²) in [5.74, 6) is 0.460. The molecule has 0 aliphatic heterocycles. The second-order valence-corrected chi connectivity index (χ2v) is 10.3. The number of benzene rings is 2. The summed E-state index contributed by atoms with van der Waals surface area (Å²) in [6, 6.07) is 15.3. The van der Waals surface area contributed by atoms with Gasteiger partial charge in [0.2, 0.25) is 5.91 Å². The topological polar surface area (TPSA) is 102 Å². The summed E-state index contributed by atoms with van der Waals surface area (Å²) in [6.45, 7) is 4.78. The molecule has 0 spiro atoms. The van der Waals surface area contributed by atoms with E-state index >= 15 is 0 Å². The summed E-state index contributed by atoms with van der Waals surface area (Å²) in [4.78, 5) is 29.4. The lowest BCUT2D eigenvalue weighted by molar-refractivity contribution is -0.113. The molecule has 0 aliphatic rings. The zero-order valence-electron chi connectivity index (χ0n) is 19.1. The van der Waals surface area contributed by atoms with Gasteiger partial charge in [-0.1, -0.05) is 57.5 Å². The fraction of sp³-hybridized carbons (Fsp3) is 0.208. The number of thiazole rings is 1. The molecule has 4 aromatic rings. The highest BCUT2D eigenvalue weighted by atomic mass is 79.9. The van der Waals surface area contributed by atoms with Gasteiger partial charge in [-0.3, -0.25) is 9.59 Å². The number of thioether (sulfide) groups is 1. The number of hydrogen-bond donors (Lipinski definition) is 2. The molecule has 35 heavy (non-hydrogen) atoms. The number of carbonyl (C=O) groups excluding carboxylic acids is 2. The molecule has 2 heterocycles. The van der Waals surface area contributed by atoms with Crippen molar-refractivity contribution < 1.29 is 9.59 Å². The molecule has 0 unspecified atom stereocenters. The van der Waals surface area contributed by atoms with E-state index in [1.54, 1.807) is 6.07 Å². The Morgan fingerprint density at radius 3 is 2.69 bits per heavy atom. The summed E-state index contributed by atoms with van der Waals surface area (Å²) < 4.78 is 2.89. The van der Waals surface area contributed by atoms with Crippen molar-refractivity contribution in [2.45, 2.75) is 32.1 Å². The van der Waals surface area contributed by atoms with E-state index in [0.29, 0.717) is 28.2 Å². The summed E-state index contributed by atoms with van der Waals surface area (Å²) in [5.41, 5.74) is 3.42. The Hall–Kier alpha value is -3.02. The van der Waals surface area contributed by atoms with Gasteiger partial charge in [0, 0.05) is 27.5 Å². The van der Waals surface area contributed by atoms with Crippen LogP contribution in [0.15, 0.2) is 63.5 Å². The SMILES string of the molecule is CCn1c(CNC(=O)c2cccc(C)c2)nnc1SCC(=O)Nc1nc(-c2ccc(Br)cc2)cs1. The maximum Gasteiger partial charge on any atom is 0.251 e. The van der Waals surface area contributed by atoms with Crippen LogP contribution < -0.4 is 10.6 Å². The number of hydrogen-bond acceptors (Lipinski definition) is 7. The first kappa shape index (κ1) is 25.1. The first-order chi connectivity index (χ1) is 16.9. The van der Waals surface area contributed by atoms with Crippen LogP contribution in [0.1, 0.15) is 28.7 Å². The molecular formula is C24H23BrN6O2S2. The summed E-state index contributed by atoms with van der Waals surface area (Å²) in [5, 5.41) is 17.2. The van der Waals surface area contributed by atoms with Crippen molar-refractivity contribution in [2.75, 3.05) is 11.1 Å². The van der Waals surface area contributed by atoms with Crippen molar-refractivity contribution in [1.82, 2.24) is 25.1 Å². The summed E-state index contributed by atoms with van der Waals surface area (Å²) in [7, 11) is 0. The minimum Gasteiger partial charge on any atom is -0.345 e. The molecule has 4 rings (SSSR count). The molecule has 2 aromatic carbocycles. The van der Waals surface area contributed by atoms with Gasteiger partial charge < -0.3 is 15.2 Å². The molecule has 11 heteroatoms. The fourth-order valence-electron chi connectivity index (χ4n) is 3.29. The van der Waals surface area contributed by atoms with Gasteiger partial charge in [0.15, 0.2) is 16.1 Å². The van der Waals surface area contributed by atoms with Crippen LogP contribution in [0, 0.1) is 6.92 Å². The number of aryl methyl sites for hydroxylation is 1. The van der Waals surface area contributed by atoms with Crippen LogP contribution in [-0.2, 0) is 17.9 Å². The lowest BCUT2D eigenvalue weighted by Gasteiger charge is -2.09. The van der Waals surface area contributed by atoms with Gasteiger partial charge >= 0.3 is 0 Å². The van der Waals surface area contributed by atoms with Gasteiger partial charge in [-0.05, 0) is 38.1 Å². The molecule has 0 fully saturated rings. The largest absolute Gasteiger partial charge is 0.345 e. The molecule has 0 saturated heterocycles. The first-order valence-corrected chi connectivity index (χ1v) is 13.5. The normalized spacial score (nSPS) is 10.8. The van der Waals surface area contributed by atoms with E-state index in [0.717, 1.165) is 21.3 Å². The van der Waals surface area contributed by atoms with Crippen LogP contribution in [0.4, 0.5) is 5.13 Å². The van der Waals surface area contributed by atoms with E-state index in [1.807, 2.05) is 66.3 Å². The Balaban J connectivity index is 1.31. The number of anilines is 1. The first-order valence-electron chi connectivity index (χ1n) is 10.8. The van der Waals surface area contributed by atoms with E-state index in [9.17, 15) is 9.59 Å². The smallest absolute Gasteiger partial charge is 0.251 e. The molecule has 8 nitrogen and oxygen atoms in total. The molecule has 0 saturated carbocycles. The highest BCUT2D eigenvalue weighted by Gasteiger charge is 2.15. The third kappa shape index (κ3) is 6.56. The highest BCUT2D eigenvalue weighted by Crippen LogP contribution is 2.26. The summed E-state index contributed by atoms with van der Waals surface area (Å²) in [6.07, 6.45) is 0. The lowest BCUT2D eigenvalue weighted by atomic mass is 10.1. The van der Waals surface area contributed by atoms with E-state index in [-0.39, 0.29) is 24.1 Å². The monoisotopic (exact) mass is 570 g/mol. The minimum atomic E-state index is -0.174. The van der Waals surface area contributed by atoms with Crippen LogP contribution in [0.2, 0.25) is 0 Å². The number of rotatable bonds is 9. The van der Waals surface area contributed by atoms with E-state index in [2.05, 4.69) is 41.7 Å². The maximum atomic E-state index is 12.5. The van der Waals surface area contributed by atoms with Gasteiger partial charge in [-0.2, -0.15) is 0 Å². The molecule has 2 amide bonds. The quantitative estimate of drug-likeness (QED) is 0.270. The van der Waals surface area contributed by atoms with Gasteiger partial charge in [-0.25, -0.2) is 4.98 Å². The van der Waals surface area contributed by atoms with Crippen molar-refractivity contribution in [3.63, 3.8) is 0 Å². The average Bonchev–Trinajstić information content (AvgIpc) is 3.48. The Kier molecular flexibility index (Phi) is 8.32. The number of amides is 2. The van der Waals surface area contributed by atoms with Crippen LogP contribution in [-0.4, -0.2) is 37.3 Å². The maximum absolute atomic E-state index is 12.5. The number of aromatic nitrogens is 4. The Bertz CT molecular complexity index is 1340. The van der Waals surface area contributed by atoms with Crippen LogP contribution in [0.3, 0.4) is 0 Å². The number of halogens is 1. The van der Waals surface area contributed by atoms with Crippen LogP contribution in [0.25, 0.3) is 11.3 Å².